The molecule has 1 aromatic rings. The van der Waals surface area contributed by atoms with E-state index >= 15 is 0 Å². The summed E-state index contributed by atoms with van der Waals surface area (Å²) < 4.78 is 34.6. The molecule has 2 saturated heterocycles. The highest BCUT2D eigenvalue weighted by molar-refractivity contribution is 7.51. The minimum Gasteiger partial charge on any atom is -0.449 e. The number of carbonyl (C=O) groups excluding carboxylic acids is 2. The average molecular weight is 488 g/mol. The molecule has 2 N–H and O–H groups in total. The van der Waals surface area contributed by atoms with Gasteiger partial charge in [0.05, 0.1) is 12.2 Å². The first-order valence-electron chi connectivity index (χ1n) is 10.6. The number of esters is 1. The number of ether oxygens (including phenoxy) is 3. The summed E-state index contributed by atoms with van der Waals surface area (Å²) in [7, 11) is -3.81. The van der Waals surface area contributed by atoms with Crippen LogP contribution in [0.25, 0.3) is 0 Å². The van der Waals surface area contributed by atoms with Gasteiger partial charge in [0.25, 0.3) is 5.91 Å². The summed E-state index contributed by atoms with van der Waals surface area (Å²) in [6.45, 7) is 6.85. The van der Waals surface area contributed by atoms with E-state index in [1.54, 1.807) is 35.2 Å². The molecule has 5 atom stereocenters. The topological polar surface area (TPSA) is 124 Å². The predicted octanol–water partition coefficient (Wildman–Crippen LogP) is 1.74. The van der Waals surface area contributed by atoms with Crippen LogP contribution in [-0.2, 0) is 28.1 Å². The van der Waals surface area contributed by atoms with Gasteiger partial charge in [0.15, 0.2) is 12.8 Å². The van der Waals surface area contributed by atoms with Gasteiger partial charge in [-0.15, -0.1) is 0 Å². The van der Waals surface area contributed by atoms with E-state index in [1.165, 1.54) is 6.20 Å². The number of hydrogen-bond donors (Lipinski definition) is 2. The molecule has 4 rings (SSSR count). The van der Waals surface area contributed by atoms with Crippen molar-refractivity contribution in [3.05, 3.63) is 60.1 Å². The Labute approximate surface area is 197 Å². The number of amides is 1. The summed E-state index contributed by atoms with van der Waals surface area (Å²) in [5.41, 5.74) is -0.409. The van der Waals surface area contributed by atoms with Crippen molar-refractivity contribution < 1.29 is 37.8 Å². The van der Waals surface area contributed by atoms with Crippen molar-refractivity contribution in [1.29, 1.82) is 0 Å². The van der Waals surface area contributed by atoms with Crippen LogP contribution in [-0.4, -0.2) is 65.6 Å². The molecule has 0 saturated carbocycles. The van der Waals surface area contributed by atoms with Gasteiger partial charge in [0.1, 0.15) is 29.2 Å². The van der Waals surface area contributed by atoms with Gasteiger partial charge in [-0.2, -0.15) is 0 Å². The number of carbonyl (C=O) groups is 2. The standard InChI is InChI=1S/C23H25N2O8P/c1-4-23-14-31-18(19(23)33-34(3,28)29)21(32-23)25-13-17(20(26)24-15(25)2)11-8-12-30-22(27)16-9-6-5-7-10-16/h5-7,9-10,13,18-19,21H,2,4,12,14H2,1,3H3,(H,24,26)(H,28,29)/t18-,19?,21-,23-/m1/s1. The van der Waals surface area contributed by atoms with Crippen molar-refractivity contribution in [3.63, 3.8) is 0 Å². The molecular formula is C23H25N2O8P. The Bertz CT molecular complexity index is 1130. The molecule has 0 radical (unpaired) electrons. The van der Waals surface area contributed by atoms with Gasteiger partial charge in [0, 0.05) is 12.9 Å². The lowest BCUT2D eigenvalue weighted by molar-refractivity contribution is -0.182. The third kappa shape index (κ3) is 4.80. The highest BCUT2D eigenvalue weighted by Gasteiger charge is 2.64. The van der Waals surface area contributed by atoms with Crippen molar-refractivity contribution in [2.45, 2.75) is 37.4 Å². The van der Waals surface area contributed by atoms with Gasteiger partial charge >= 0.3 is 13.6 Å². The molecular weight excluding hydrogens is 463 g/mol. The van der Waals surface area contributed by atoms with Crippen LogP contribution in [0.4, 0.5) is 0 Å². The largest absolute Gasteiger partial charge is 0.449 e. The summed E-state index contributed by atoms with van der Waals surface area (Å²) >= 11 is 0. The predicted molar refractivity (Wildman–Crippen MR) is 120 cm³/mol. The fourth-order valence-electron chi connectivity index (χ4n) is 4.06. The Morgan fingerprint density at radius 3 is 2.82 bits per heavy atom. The molecule has 2 unspecified atom stereocenters. The smallest absolute Gasteiger partial charge is 0.339 e. The lowest BCUT2D eigenvalue weighted by Gasteiger charge is -2.38. The molecule has 1 amide bonds. The van der Waals surface area contributed by atoms with E-state index in [9.17, 15) is 19.0 Å². The van der Waals surface area contributed by atoms with Crippen LogP contribution in [0.1, 0.15) is 23.7 Å². The number of nitrogens with zero attached hydrogens (tertiary/aromatic N) is 1. The van der Waals surface area contributed by atoms with Crippen LogP contribution >= 0.6 is 7.60 Å². The van der Waals surface area contributed by atoms with Gasteiger partial charge in [-0.3, -0.25) is 13.9 Å². The zero-order valence-corrected chi connectivity index (χ0v) is 19.6. The van der Waals surface area contributed by atoms with Gasteiger partial charge in [-0.25, -0.2) is 4.79 Å². The lowest BCUT2D eigenvalue weighted by atomic mass is 9.96. The monoisotopic (exact) mass is 488 g/mol. The molecule has 2 fully saturated rings. The Kier molecular flexibility index (Phi) is 6.67. The number of benzene rings is 1. The molecule has 0 aromatic heterocycles. The van der Waals surface area contributed by atoms with Crippen molar-refractivity contribution in [3.8, 4) is 11.8 Å². The lowest BCUT2D eigenvalue weighted by Crippen LogP contribution is -2.49. The number of nitrogens with one attached hydrogen (secondary N) is 1. The molecule has 3 heterocycles. The first-order valence-corrected chi connectivity index (χ1v) is 12.7. The number of rotatable bonds is 6. The molecule has 3 aliphatic heterocycles. The Morgan fingerprint density at radius 2 is 2.15 bits per heavy atom. The first kappa shape index (κ1) is 24.2. The van der Waals surface area contributed by atoms with Crippen molar-refractivity contribution in [1.82, 2.24) is 10.2 Å². The number of fused-ring (bicyclic) bond motifs is 2. The van der Waals surface area contributed by atoms with E-state index in [2.05, 4.69) is 23.7 Å². The molecule has 10 nitrogen and oxygen atoms in total. The van der Waals surface area contributed by atoms with E-state index in [4.69, 9.17) is 18.7 Å². The second kappa shape index (κ2) is 9.37. The zero-order valence-electron chi connectivity index (χ0n) is 18.7. The van der Waals surface area contributed by atoms with Crippen LogP contribution in [0, 0.1) is 11.8 Å². The Morgan fingerprint density at radius 1 is 1.41 bits per heavy atom. The zero-order chi connectivity index (χ0) is 24.5. The summed E-state index contributed by atoms with van der Waals surface area (Å²) in [6, 6.07) is 8.49. The normalized spacial score (nSPS) is 29.6. The van der Waals surface area contributed by atoms with Gasteiger partial charge in [-0.1, -0.05) is 43.5 Å². The van der Waals surface area contributed by atoms with Gasteiger partial charge in [-0.05, 0) is 18.6 Å². The molecule has 180 valence electrons. The number of hydrogen-bond acceptors (Lipinski definition) is 8. The van der Waals surface area contributed by atoms with Crippen LogP contribution in [0.3, 0.4) is 0 Å². The first-order chi connectivity index (χ1) is 16.1. The van der Waals surface area contributed by atoms with E-state index in [0.717, 1.165) is 6.66 Å². The minimum absolute atomic E-state index is 0.0980. The molecule has 3 aliphatic rings. The van der Waals surface area contributed by atoms with Gasteiger partial charge in [0.2, 0.25) is 0 Å². The summed E-state index contributed by atoms with van der Waals surface area (Å²) in [4.78, 5) is 35.7. The molecule has 11 heteroatoms. The van der Waals surface area contributed by atoms with Crippen molar-refractivity contribution >= 4 is 19.5 Å². The fraction of sp³-hybridized carbons (Fsp3) is 0.391. The average Bonchev–Trinajstić information content (AvgIpc) is 3.28. The van der Waals surface area contributed by atoms with E-state index in [-0.39, 0.29) is 24.6 Å². The Balaban J connectivity index is 1.49. The van der Waals surface area contributed by atoms with Crippen molar-refractivity contribution in [2.24, 2.45) is 0 Å². The maximum absolute atomic E-state index is 12.4. The quantitative estimate of drug-likeness (QED) is 0.350. The third-order valence-corrected chi connectivity index (χ3v) is 6.36. The van der Waals surface area contributed by atoms with Crippen LogP contribution in [0.5, 0.6) is 0 Å². The minimum atomic E-state index is -3.81. The summed E-state index contributed by atoms with van der Waals surface area (Å²) in [5.74, 6) is 4.60. The SMILES string of the molecule is C=C1NC(=O)C(C#CCOC(=O)c2ccccc2)=CN1[C@@H]1O[C@]2(CC)CO[C@@H]1C2OP(C)(=O)O. The van der Waals surface area contributed by atoms with E-state index in [0.29, 0.717) is 12.0 Å². The third-order valence-electron chi connectivity index (χ3n) is 5.75. The molecule has 2 bridgehead atoms. The Hall–Kier alpha value is -2.93. The molecule has 0 spiro atoms. The van der Waals surface area contributed by atoms with Crippen LogP contribution < -0.4 is 5.32 Å². The van der Waals surface area contributed by atoms with Crippen LogP contribution in [0.15, 0.2) is 54.5 Å². The van der Waals surface area contributed by atoms with Crippen molar-refractivity contribution in [2.75, 3.05) is 19.9 Å². The highest BCUT2D eigenvalue weighted by atomic mass is 31.2. The van der Waals surface area contributed by atoms with Gasteiger partial charge < -0.3 is 29.3 Å². The van der Waals surface area contributed by atoms with E-state index in [1.807, 2.05) is 6.92 Å². The van der Waals surface area contributed by atoms with Crippen LogP contribution in [0.2, 0.25) is 0 Å². The summed E-state index contributed by atoms with van der Waals surface area (Å²) in [5, 5.41) is 2.62. The molecule has 1 aromatic carbocycles. The molecule has 0 aliphatic carbocycles. The maximum Gasteiger partial charge on any atom is 0.339 e. The highest BCUT2D eigenvalue weighted by Crippen LogP contribution is 2.52. The molecule has 34 heavy (non-hydrogen) atoms. The van der Waals surface area contributed by atoms with E-state index < -0.39 is 43.5 Å². The second-order valence-corrected chi connectivity index (χ2v) is 9.94. The fourth-order valence-corrected chi connectivity index (χ4v) is 4.79. The summed E-state index contributed by atoms with van der Waals surface area (Å²) in [6.07, 6.45) is -0.266. The second-order valence-electron chi connectivity index (χ2n) is 8.13. The maximum atomic E-state index is 12.4.